The zero-order chi connectivity index (χ0) is 28.5. The molecule has 2 aromatic heterocycles. The Morgan fingerprint density at radius 1 is 0.976 bits per heavy atom. The Balaban J connectivity index is 1.30. The molecule has 4 heterocycles. The van der Waals surface area contributed by atoms with Crippen LogP contribution in [0.2, 0.25) is 0 Å². The van der Waals surface area contributed by atoms with Crippen LogP contribution in [0, 0.1) is 5.82 Å². The van der Waals surface area contributed by atoms with Gasteiger partial charge in [-0.1, -0.05) is 42.2 Å². The smallest absolute Gasteiger partial charge is 0.267 e. The molecule has 4 aromatic rings. The van der Waals surface area contributed by atoms with Crippen molar-refractivity contribution in [1.82, 2.24) is 14.3 Å². The third kappa shape index (κ3) is 5.42. The molecule has 2 saturated heterocycles. The van der Waals surface area contributed by atoms with Gasteiger partial charge in [-0.05, 0) is 60.2 Å². The van der Waals surface area contributed by atoms with Crippen molar-refractivity contribution in [3.8, 4) is 5.75 Å². The van der Waals surface area contributed by atoms with Crippen LogP contribution in [0.25, 0.3) is 11.7 Å². The third-order valence-electron chi connectivity index (χ3n) is 7.17. The number of thiocarbonyl (C=S) groups is 1. The largest absolute Gasteiger partial charge is 0.497 e. The van der Waals surface area contributed by atoms with Crippen LogP contribution in [0.15, 0.2) is 82.6 Å². The van der Waals surface area contributed by atoms with E-state index in [1.165, 1.54) is 21.4 Å². The molecule has 0 spiro atoms. The van der Waals surface area contributed by atoms with Crippen molar-refractivity contribution < 1.29 is 13.9 Å². The number of piperazine rings is 1. The van der Waals surface area contributed by atoms with Crippen molar-refractivity contribution in [3.63, 3.8) is 0 Å². The van der Waals surface area contributed by atoms with E-state index in [1.807, 2.05) is 30.3 Å². The fraction of sp³-hybridized carbons (Fsp3) is 0.200. The van der Waals surface area contributed by atoms with Gasteiger partial charge in [0, 0.05) is 38.1 Å². The summed E-state index contributed by atoms with van der Waals surface area (Å²) in [7, 11) is 1.65. The molecule has 0 aliphatic carbocycles. The Hall–Kier alpha value is -4.22. The van der Waals surface area contributed by atoms with Gasteiger partial charge in [-0.3, -0.25) is 18.9 Å². The zero-order valence-corrected chi connectivity index (χ0v) is 23.8. The summed E-state index contributed by atoms with van der Waals surface area (Å²) in [6.45, 7) is 2.99. The molecule has 2 aliphatic heterocycles. The lowest BCUT2D eigenvalue weighted by Gasteiger charge is -2.37. The first-order valence-electron chi connectivity index (χ1n) is 13.1. The van der Waals surface area contributed by atoms with Gasteiger partial charge in [0.15, 0.2) is 0 Å². The maximum atomic E-state index is 13.7. The van der Waals surface area contributed by atoms with Gasteiger partial charge >= 0.3 is 0 Å². The van der Waals surface area contributed by atoms with Crippen LogP contribution in [0.4, 0.5) is 15.9 Å². The van der Waals surface area contributed by atoms with Crippen molar-refractivity contribution in [2.75, 3.05) is 43.1 Å². The molecule has 0 unspecified atom stereocenters. The molecule has 41 heavy (non-hydrogen) atoms. The van der Waals surface area contributed by atoms with Gasteiger partial charge in [-0.25, -0.2) is 9.37 Å². The number of hydrogen-bond acceptors (Lipinski definition) is 8. The number of carbonyl (C=O) groups is 1. The Bertz CT molecular complexity index is 1720. The SMILES string of the molecule is COc1ccc(N2CCN(c3nc4ccccn4c(=O)c3/C=C3\SC(=S)N(Cc4ccc(F)cc4)C3=O)CC2)cc1. The summed E-state index contributed by atoms with van der Waals surface area (Å²) in [4.78, 5) is 38.2. The number of methoxy groups -OCH3 is 1. The lowest BCUT2D eigenvalue weighted by atomic mass is 10.2. The van der Waals surface area contributed by atoms with Crippen LogP contribution in [0.3, 0.4) is 0 Å². The number of carbonyl (C=O) groups excluding carboxylic acids is 1. The van der Waals surface area contributed by atoms with Crippen LogP contribution < -0.4 is 20.1 Å². The highest BCUT2D eigenvalue weighted by Crippen LogP contribution is 2.35. The lowest BCUT2D eigenvalue weighted by Crippen LogP contribution is -2.47. The number of anilines is 2. The topological polar surface area (TPSA) is 70.4 Å². The first-order valence-corrected chi connectivity index (χ1v) is 14.3. The van der Waals surface area contributed by atoms with Crippen molar-refractivity contribution in [1.29, 1.82) is 0 Å². The third-order valence-corrected chi connectivity index (χ3v) is 8.55. The standard InChI is InChI=1S/C30H26FN5O3S2/c1-39-23-11-9-22(10-12-23)33-14-16-34(17-15-33)27-24(28(37)35-13-3-2-4-26(35)32-27)18-25-29(38)36(30(40)41-25)19-20-5-7-21(31)8-6-20/h2-13,18H,14-17,19H2,1H3/b25-18-. The Morgan fingerprint density at radius 2 is 1.68 bits per heavy atom. The highest BCUT2D eigenvalue weighted by molar-refractivity contribution is 8.26. The summed E-state index contributed by atoms with van der Waals surface area (Å²) >= 11 is 6.66. The van der Waals surface area contributed by atoms with Crippen molar-refractivity contribution >= 4 is 57.4 Å². The molecule has 0 saturated carbocycles. The summed E-state index contributed by atoms with van der Waals surface area (Å²) < 4.78 is 20.5. The molecule has 0 atom stereocenters. The molecule has 6 rings (SSSR count). The van der Waals surface area contributed by atoms with Gasteiger partial charge in [0.05, 0.1) is 24.1 Å². The average molecular weight is 588 g/mol. The second-order valence-corrected chi connectivity index (χ2v) is 11.3. The highest BCUT2D eigenvalue weighted by atomic mass is 32.2. The molecule has 0 bridgehead atoms. The highest BCUT2D eigenvalue weighted by Gasteiger charge is 2.33. The van der Waals surface area contributed by atoms with E-state index in [1.54, 1.807) is 43.6 Å². The van der Waals surface area contributed by atoms with E-state index < -0.39 is 0 Å². The lowest BCUT2D eigenvalue weighted by molar-refractivity contribution is -0.122. The maximum Gasteiger partial charge on any atom is 0.267 e. The predicted molar refractivity (Wildman–Crippen MR) is 164 cm³/mol. The van der Waals surface area contributed by atoms with Crippen molar-refractivity contribution in [3.05, 3.63) is 105 Å². The normalized spacial score (nSPS) is 16.7. The first kappa shape index (κ1) is 27.0. The quantitative estimate of drug-likeness (QED) is 0.240. The number of pyridine rings is 1. The van der Waals surface area contributed by atoms with Crippen molar-refractivity contribution in [2.45, 2.75) is 6.54 Å². The van der Waals surface area contributed by atoms with Gasteiger partial charge in [0.1, 0.15) is 27.4 Å². The van der Waals surface area contributed by atoms with Crippen LogP contribution in [-0.2, 0) is 11.3 Å². The molecule has 0 N–H and O–H groups in total. The van der Waals surface area contributed by atoms with E-state index >= 15 is 0 Å². The maximum absolute atomic E-state index is 13.7. The molecule has 2 aliphatic rings. The number of fused-ring (bicyclic) bond motifs is 1. The van der Waals surface area contributed by atoms with Crippen molar-refractivity contribution in [2.24, 2.45) is 0 Å². The second-order valence-electron chi connectivity index (χ2n) is 9.65. The number of amides is 1. The predicted octanol–water partition coefficient (Wildman–Crippen LogP) is 4.57. The van der Waals surface area contributed by atoms with Crippen LogP contribution >= 0.6 is 24.0 Å². The van der Waals surface area contributed by atoms with Gasteiger partial charge < -0.3 is 14.5 Å². The average Bonchev–Trinajstić information content (AvgIpc) is 3.27. The number of thioether (sulfide) groups is 1. The Kier molecular flexibility index (Phi) is 7.46. The molecule has 2 fully saturated rings. The van der Waals surface area contributed by atoms with Crippen LogP contribution in [-0.4, -0.2) is 57.8 Å². The summed E-state index contributed by atoms with van der Waals surface area (Å²) in [5.74, 6) is 0.707. The minimum absolute atomic E-state index is 0.220. The summed E-state index contributed by atoms with van der Waals surface area (Å²) in [5, 5.41) is 0. The molecule has 0 radical (unpaired) electrons. The molecule has 11 heteroatoms. The number of aromatic nitrogens is 2. The van der Waals surface area contributed by atoms with Gasteiger partial charge in [-0.2, -0.15) is 0 Å². The fourth-order valence-electron chi connectivity index (χ4n) is 4.97. The molecule has 1 amide bonds. The molecule has 2 aromatic carbocycles. The van der Waals surface area contributed by atoms with Gasteiger partial charge in [-0.15, -0.1) is 0 Å². The molecular formula is C30H26FN5O3S2. The van der Waals surface area contributed by atoms with Crippen LogP contribution in [0.5, 0.6) is 5.75 Å². The number of ether oxygens (including phenoxy) is 1. The number of hydrogen-bond donors (Lipinski definition) is 0. The second kappa shape index (κ2) is 11.3. The summed E-state index contributed by atoms with van der Waals surface area (Å²) in [6.07, 6.45) is 3.29. The number of nitrogens with zero attached hydrogens (tertiary/aromatic N) is 5. The number of benzene rings is 2. The zero-order valence-electron chi connectivity index (χ0n) is 22.2. The number of rotatable bonds is 6. The van der Waals surface area contributed by atoms with E-state index in [0.29, 0.717) is 39.3 Å². The minimum Gasteiger partial charge on any atom is -0.497 e. The summed E-state index contributed by atoms with van der Waals surface area (Å²) in [5.41, 5.74) is 2.47. The number of halogens is 1. The van der Waals surface area contributed by atoms with E-state index in [9.17, 15) is 14.0 Å². The Labute approximate surface area is 245 Å². The van der Waals surface area contributed by atoms with E-state index in [0.717, 1.165) is 41.9 Å². The first-order chi connectivity index (χ1) is 19.9. The van der Waals surface area contributed by atoms with Gasteiger partial charge in [0.2, 0.25) is 0 Å². The summed E-state index contributed by atoms with van der Waals surface area (Å²) in [6, 6.07) is 19.3. The fourth-order valence-corrected chi connectivity index (χ4v) is 6.20. The molecular weight excluding hydrogens is 561 g/mol. The minimum atomic E-state index is -0.347. The van der Waals surface area contributed by atoms with E-state index in [-0.39, 0.29) is 23.8 Å². The molecule has 208 valence electrons. The Morgan fingerprint density at radius 3 is 2.39 bits per heavy atom. The van der Waals surface area contributed by atoms with Gasteiger partial charge in [0.25, 0.3) is 11.5 Å². The molecule has 8 nitrogen and oxygen atoms in total. The monoisotopic (exact) mass is 587 g/mol. The van der Waals surface area contributed by atoms with Crippen LogP contribution in [0.1, 0.15) is 11.1 Å². The van der Waals surface area contributed by atoms with E-state index in [2.05, 4.69) is 9.80 Å². The van der Waals surface area contributed by atoms with E-state index in [4.69, 9.17) is 21.9 Å².